The van der Waals surface area contributed by atoms with Gasteiger partial charge in [0.05, 0.1) is 17.3 Å². The fraction of sp³-hybridized carbons (Fsp3) is 0.333. The lowest BCUT2D eigenvalue weighted by Crippen LogP contribution is -2.43. The summed E-state index contributed by atoms with van der Waals surface area (Å²) in [7, 11) is 0. The predicted octanol–water partition coefficient (Wildman–Crippen LogP) is 1.61. The molecule has 1 saturated heterocycles. The predicted molar refractivity (Wildman–Crippen MR) is 70.4 cm³/mol. The first-order valence-corrected chi connectivity index (χ1v) is 6.63. The van der Waals surface area contributed by atoms with Crippen molar-refractivity contribution in [1.29, 1.82) is 0 Å². The number of rotatable bonds is 2. The van der Waals surface area contributed by atoms with Crippen molar-refractivity contribution in [1.82, 2.24) is 15.3 Å². The first kappa shape index (κ1) is 10.7. The van der Waals surface area contributed by atoms with Crippen LogP contribution >= 0.6 is 11.3 Å². The maximum Gasteiger partial charge on any atom is 0.147 e. The molecule has 0 aromatic carbocycles. The zero-order chi connectivity index (χ0) is 11.5. The number of nitrogens with zero attached hydrogens (tertiary/aromatic N) is 3. The Bertz CT molecular complexity index is 477. The van der Waals surface area contributed by atoms with Crippen molar-refractivity contribution in [2.75, 3.05) is 31.1 Å². The van der Waals surface area contributed by atoms with Gasteiger partial charge in [0, 0.05) is 26.2 Å². The monoisotopic (exact) mass is 246 g/mol. The van der Waals surface area contributed by atoms with Gasteiger partial charge in [0.15, 0.2) is 0 Å². The van der Waals surface area contributed by atoms with Crippen molar-refractivity contribution in [3.63, 3.8) is 0 Å². The second-order valence-corrected chi connectivity index (χ2v) is 4.92. The molecular formula is C12H14N4S. The van der Waals surface area contributed by atoms with Crippen LogP contribution in [-0.4, -0.2) is 36.1 Å². The van der Waals surface area contributed by atoms with E-state index in [-0.39, 0.29) is 0 Å². The van der Waals surface area contributed by atoms with E-state index in [0.29, 0.717) is 0 Å². The van der Waals surface area contributed by atoms with Gasteiger partial charge >= 0.3 is 0 Å². The van der Waals surface area contributed by atoms with Crippen LogP contribution in [0.25, 0.3) is 10.6 Å². The van der Waals surface area contributed by atoms with Gasteiger partial charge in [-0.15, -0.1) is 11.3 Å². The van der Waals surface area contributed by atoms with Gasteiger partial charge in [-0.1, -0.05) is 6.07 Å². The van der Waals surface area contributed by atoms with Gasteiger partial charge < -0.3 is 10.2 Å². The molecule has 17 heavy (non-hydrogen) atoms. The van der Waals surface area contributed by atoms with E-state index in [9.17, 15) is 0 Å². The SMILES string of the molecule is c1csc(-c2cncc(N3CCNCC3)n2)c1. The van der Waals surface area contributed by atoms with E-state index in [2.05, 4.69) is 31.6 Å². The van der Waals surface area contributed by atoms with Crippen LogP contribution in [0.4, 0.5) is 5.82 Å². The van der Waals surface area contributed by atoms with E-state index < -0.39 is 0 Å². The molecule has 3 heterocycles. The van der Waals surface area contributed by atoms with Crippen LogP contribution in [0.3, 0.4) is 0 Å². The molecule has 0 aliphatic carbocycles. The average Bonchev–Trinajstić information content (AvgIpc) is 2.94. The first-order valence-electron chi connectivity index (χ1n) is 5.75. The molecule has 1 N–H and O–H groups in total. The van der Waals surface area contributed by atoms with Gasteiger partial charge in [0.2, 0.25) is 0 Å². The summed E-state index contributed by atoms with van der Waals surface area (Å²) >= 11 is 1.70. The second-order valence-electron chi connectivity index (χ2n) is 3.98. The molecule has 1 aliphatic rings. The minimum absolute atomic E-state index is 0.969. The standard InChI is InChI=1S/C12H14N4S/c1-2-11(17-7-1)10-8-14-9-12(15-10)16-5-3-13-4-6-16/h1-2,7-9,13H,3-6H2. The lowest BCUT2D eigenvalue weighted by atomic mass is 10.3. The van der Waals surface area contributed by atoms with Crippen molar-refractivity contribution in [3.8, 4) is 10.6 Å². The summed E-state index contributed by atoms with van der Waals surface area (Å²) in [6.07, 6.45) is 3.68. The molecule has 1 aliphatic heterocycles. The molecule has 0 atom stereocenters. The van der Waals surface area contributed by atoms with Crippen LogP contribution in [0.15, 0.2) is 29.9 Å². The van der Waals surface area contributed by atoms with E-state index in [4.69, 9.17) is 0 Å². The number of aromatic nitrogens is 2. The summed E-state index contributed by atoms with van der Waals surface area (Å²) in [5.41, 5.74) is 0.969. The Kier molecular flexibility index (Phi) is 3.02. The van der Waals surface area contributed by atoms with Crippen molar-refractivity contribution < 1.29 is 0 Å². The average molecular weight is 246 g/mol. The normalized spacial score (nSPS) is 16.1. The fourth-order valence-corrected chi connectivity index (χ4v) is 2.62. The number of anilines is 1. The third-order valence-electron chi connectivity index (χ3n) is 2.84. The Hall–Kier alpha value is -1.46. The van der Waals surface area contributed by atoms with E-state index in [1.807, 2.05) is 18.5 Å². The molecule has 88 valence electrons. The van der Waals surface area contributed by atoms with E-state index in [0.717, 1.165) is 37.7 Å². The Morgan fingerprint density at radius 1 is 1.24 bits per heavy atom. The van der Waals surface area contributed by atoms with Gasteiger partial charge in [-0.3, -0.25) is 4.98 Å². The van der Waals surface area contributed by atoms with Gasteiger partial charge in [0.1, 0.15) is 11.5 Å². The van der Waals surface area contributed by atoms with Gasteiger partial charge in [0.25, 0.3) is 0 Å². The van der Waals surface area contributed by atoms with Crippen LogP contribution in [0, 0.1) is 0 Å². The molecule has 2 aromatic heterocycles. The molecule has 0 unspecified atom stereocenters. The summed E-state index contributed by atoms with van der Waals surface area (Å²) in [6, 6.07) is 4.12. The van der Waals surface area contributed by atoms with Crippen molar-refractivity contribution in [3.05, 3.63) is 29.9 Å². The molecule has 2 aromatic rings. The fourth-order valence-electron chi connectivity index (χ4n) is 1.94. The summed E-state index contributed by atoms with van der Waals surface area (Å²) in [4.78, 5) is 12.4. The number of hydrogen-bond acceptors (Lipinski definition) is 5. The number of hydrogen-bond donors (Lipinski definition) is 1. The molecule has 0 saturated carbocycles. The highest BCUT2D eigenvalue weighted by atomic mass is 32.1. The Morgan fingerprint density at radius 3 is 2.88 bits per heavy atom. The minimum Gasteiger partial charge on any atom is -0.353 e. The number of piperazine rings is 1. The lowest BCUT2D eigenvalue weighted by Gasteiger charge is -2.28. The summed E-state index contributed by atoms with van der Waals surface area (Å²) in [6.45, 7) is 4.04. The highest BCUT2D eigenvalue weighted by Crippen LogP contribution is 2.23. The molecule has 0 radical (unpaired) electrons. The van der Waals surface area contributed by atoms with E-state index in [1.54, 1.807) is 11.3 Å². The maximum atomic E-state index is 4.68. The van der Waals surface area contributed by atoms with Crippen LogP contribution in [0.5, 0.6) is 0 Å². The molecule has 4 nitrogen and oxygen atoms in total. The van der Waals surface area contributed by atoms with Crippen LogP contribution in [0.2, 0.25) is 0 Å². The number of thiophene rings is 1. The molecule has 0 spiro atoms. The molecule has 0 bridgehead atoms. The molecule has 5 heteroatoms. The number of nitrogens with one attached hydrogen (secondary N) is 1. The van der Waals surface area contributed by atoms with Gasteiger partial charge in [-0.25, -0.2) is 4.98 Å². The summed E-state index contributed by atoms with van der Waals surface area (Å²) in [5.74, 6) is 0.984. The second kappa shape index (κ2) is 4.81. The third-order valence-corrected chi connectivity index (χ3v) is 3.73. The first-order chi connectivity index (χ1) is 8.43. The molecule has 1 fully saturated rings. The van der Waals surface area contributed by atoms with E-state index >= 15 is 0 Å². The van der Waals surface area contributed by atoms with Crippen molar-refractivity contribution >= 4 is 17.2 Å². The maximum absolute atomic E-state index is 4.68. The van der Waals surface area contributed by atoms with Crippen molar-refractivity contribution in [2.24, 2.45) is 0 Å². The van der Waals surface area contributed by atoms with Crippen molar-refractivity contribution in [2.45, 2.75) is 0 Å². The zero-order valence-corrected chi connectivity index (χ0v) is 10.3. The molecule has 3 rings (SSSR count). The van der Waals surface area contributed by atoms with Crippen LogP contribution in [0.1, 0.15) is 0 Å². The highest BCUT2D eigenvalue weighted by molar-refractivity contribution is 7.13. The highest BCUT2D eigenvalue weighted by Gasteiger charge is 2.12. The quantitative estimate of drug-likeness (QED) is 0.874. The third kappa shape index (κ3) is 2.30. The summed E-state index contributed by atoms with van der Waals surface area (Å²) < 4.78 is 0. The minimum atomic E-state index is 0.969. The summed E-state index contributed by atoms with van der Waals surface area (Å²) in [5, 5.41) is 5.40. The molecular weight excluding hydrogens is 232 g/mol. The Balaban J connectivity index is 1.88. The topological polar surface area (TPSA) is 41.1 Å². The Morgan fingerprint density at radius 2 is 2.12 bits per heavy atom. The van der Waals surface area contributed by atoms with E-state index in [1.165, 1.54) is 4.88 Å². The lowest BCUT2D eigenvalue weighted by molar-refractivity contribution is 0.584. The van der Waals surface area contributed by atoms with Gasteiger partial charge in [-0.2, -0.15) is 0 Å². The Labute approximate surface area is 104 Å². The molecule has 0 amide bonds. The smallest absolute Gasteiger partial charge is 0.147 e. The van der Waals surface area contributed by atoms with Crippen LogP contribution < -0.4 is 10.2 Å². The largest absolute Gasteiger partial charge is 0.353 e. The van der Waals surface area contributed by atoms with Crippen LogP contribution in [-0.2, 0) is 0 Å². The van der Waals surface area contributed by atoms with Gasteiger partial charge in [-0.05, 0) is 11.4 Å². The zero-order valence-electron chi connectivity index (χ0n) is 9.47.